The number of fused-ring (bicyclic) bond motifs is 1. The van der Waals surface area contributed by atoms with Crippen LogP contribution >= 0.6 is 23.2 Å². The summed E-state index contributed by atoms with van der Waals surface area (Å²) >= 11 is 11.9. The molecule has 25 heavy (non-hydrogen) atoms. The predicted octanol–water partition coefficient (Wildman–Crippen LogP) is 3.35. The Morgan fingerprint density at radius 2 is 2.04 bits per heavy atom. The highest BCUT2D eigenvalue weighted by Gasteiger charge is 2.10. The van der Waals surface area contributed by atoms with Crippen LogP contribution in [-0.2, 0) is 11.3 Å². The molecule has 1 heterocycles. The number of methoxy groups -OCH3 is 1. The van der Waals surface area contributed by atoms with Crippen LogP contribution in [0.25, 0.3) is 10.9 Å². The number of aromatic nitrogens is 2. The molecule has 0 bridgehead atoms. The lowest BCUT2D eigenvalue weighted by atomic mass is 10.2. The minimum Gasteiger partial charge on any atom is -0.495 e. The molecule has 0 radical (unpaired) electrons. The quantitative estimate of drug-likeness (QED) is 0.756. The zero-order chi connectivity index (χ0) is 18.0. The Balaban J connectivity index is 1.81. The zero-order valence-electron chi connectivity index (χ0n) is 13.1. The summed E-state index contributed by atoms with van der Waals surface area (Å²) in [7, 11) is 1.50. The fraction of sp³-hybridized carbons (Fsp3) is 0.118. The summed E-state index contributed by atoms with van der Waals surface area (Å²) in [6.07, 6.45) is 1.33. The van der Waals surface area contributed by atoms with Crippen molar-refractivity contribution in [3.8, 4) is 5.75 Å². The third-order valence-corrected chi connectivity index (χ3v) is 4.07. The van der Waals surface area contributed by atoms with Crippen LogP contribution < -0.4 is 15.6 Å². The Morgan fingerprint density at radius 1 is 1.24 bits per heavy atom. The van der Waals surface area contributed by atoms with E-state index in [0.717, 1.165) is 0 Å². The van der Waals surface area contributed by atoms with Crippen LogP contribution in [0.2, 0.25) is 10.0 Å². The molecule has 8 heteroatoms. The summed E-state index contributed by atoms with van der Waals surface area (Å²) in [4.78, 5) is 28.8. The van der Waals surface area contributed by atoms with Crippen LogP contribution in [0, 0.1) is 0 Å². The number of amides is 1. The molecule has 0 saturated heterocycles. The highest BCUT2D eigenvalue weighted by molar-refractivity contribution is 6.32. The summed E-state index contributed by atoms with van der Waals surface area (Å²) in [5.74, 6) is 0.123. The van der Waals surface area contributed by atoms with Gasteiger partial charge in [0, 0.05) is 10.7 Å². The van der Waals surface area contributed by atoms with Crippen molar-refractivity contribution in [3.05, 3.63) is 63.1 Å². The van der Waals surface area contributed by atoms with Crippen LogP contribution in [0.3, 0.4) is 0 Å². The Hall–Kier alpha value is -2.57. The van der Waals surface area contributed by atoms with Crippen LogP contribution in [0.5, 0.6) is 5.75 Å². The van der Waals surface area contributed by atoms with Gasteiger partial charge in [0.1, 0.15) is 12.3 Å². The summed E-state index contributed by atoms with van der Waals surface area (Å²) in [6.45, 7) is -0.183. The fourth-order valence-corrected chi connectivity index (χ4v) is 2.77. The van der Waals surface area contributed by atoms with E-state index in [1.165, 1.54) is 24.1 Å². The lowest BCUT2D eigenvalue weighted by Gasteiger charge is -2.09. The molecule has 0 spiro atoms. The van der Waals surface area contributed by atoms with Gasteiger partial charge in [-0.05, 0) is 36.4 Å². The van der Waals surface area contributed by atoms with Crippen molar-refractivity contribution in [3.63, 3.8) is 0 Å². The van der Waals surface area contributed by atoms with E-state index in [4.69, 9.17) is 27.9 Å². The summed E-state index contributed by atoms with van der Waals surface area (Å²) in [5, 5.41) is 3.84. The lowest BCUT2D eigenvalue weighted by Crippen LogP contribution is -2.27. The average Bonchev–Trinajstić information content (AvgIpc) is 2.58. The Kier molecular flexibility index (Phi) is 4.92. The molecule has 1 aromatic heterocycles. The van der Waals surface area contributed by atoms with Crippen LogP contribution in [0.4, 0.5) is 5.69 Å². The maximum Gasteiger partial charge on any atom is 0.261 e. The van der Waals surface area contributed by atoms with E-state index in [1.54, 1.807) is 30.3 Å². The predicted molar refractivity (Wildman–Crippen MR) is 97.6 cm³/mol. The number of benzene rings is 2. The third kappa shape index (κ3) is 3.75. The monoisotopic (exact) mass is 377 g/mol. The molecule has 0 atom stereocenters. The van der Waals surface area contributed by atoms with Gasteiger partial charge >= 0.3 is 0 Å². The number of nitrogens with zero attached hydrogens (tertiary/aromatic N) is 2. The second-order valence-corrected chi connectivity index (χ2v) is 6.08. The molecule has 0 aliphatic heterocycles. The molecule has 0 unspecified atom stereocenters. The van der Waals surface area contributed by atoms with E-state index in [0.29, 0.717) is 32.4 Å². The van der Waals surface area contributed by atoms with Crippen LogP contribution in [0.15, 0.2) is 47.5 Å². The van der Waals surface area contributed by atoms with Gasteiger partial charge in [-0.1, -0.05) is 23.2 Å². The first-order valence-corrected chi connectivity index (χ1v) is 8.01. The first-order chi connectivity index (χ1) is 12.0. The highest BCUT2D eigenvalue weighted by Crippen LogP contribution is 2.27. The highest BCUT2D eigenvalue weighted by atomic mass is 35.5. The average molecular weight is 378 g/mol. The van der Waals surface area contributed by atoms with Crippen molar-refractivity contribution >= 4 is 45.7 Å². The standard InChI is InChI=1S/C17H13Cl2N3O3/c1-25-15-5-3-11(7-13(15)19)21-16(23)8-22-9-20-14-4-2-10(18)6-12(14)17(22)24/h2-7,9H,8H2,1H3,(H,21,23). The van der Waals surface area contributed by atoms with E-state index in [9.17, 15) is 9.59 Å². The molecule has 1 amide bonds. The van der Waals surface area contributed by atoms with Gasteiger partial charge in [-0.3, -0.25) is 14.2 Å². The zero-order valence-corrected chi connectivity index (χ0v) is 14.6. The number of ether oxygens (including phenoxy) is 1. The molecule has 3 aromatic rings. The molecule has 6 nitrogen and oxygen atoms in total. The van der Waals surface area contributed by atoms with E-state index in [1.807, 2.05) is 0 Å². The summed E-state index contributed by atoms with van der Waals surface area (Å²) < 4.78 is 6.28. The second-order valence-electron chi connectivity index (χ2n) is 5.24. The molecule has 0 saturated carbocycles. The molecule has 3 rings (SSSR count). The maximum absolute atomic E-state index is 12.5. The smallest absolute Gasteiger partial charge is 0.261 e. The van der Waals surface area contributed by atoms with Gasteiger partial charge in [0.15, 0.2) is 0 Å². The molecule has 128 valence electrons. The molecular formula is C17H13Cl2N3O3. The van der Waals surface area contributed by atoms with Gasteiger partial charge in [-0.15, -0.1) is 0 Å². The third-order valence-electron chi connectivity index (χ3n) is 3.54. The number of carbonyl (C=O) groups excluding carboxylic acids is 1. The lowest BCUT2D eigenvalue weighted by molar-refractivity contribution is -0.116. The molecule has 2 aromatic carbocycles. The van der Waals surface area contributed by atoms with Gasteiger partial charge in [0.2, 0.25) is 5.91 Å². The van der Waals surface area contributed by atoms with Crippen LogP contribution in [0.1, 0.15) is 0 Å². The minimum absolute atomic E-state index is 0.183. The van der Waals surface area contributed by atoms with Gasteiger partial charge < -0.3 is 10.1 Å². The van der Waals surface area contributed by atoms with Gasteiger partial charge in [0.25, 0.3) is 5.56 Å². The first-order valence-electron chi connectivity index (χ1n) is 7.26. The number of carbonyl (C=O) groups is 1. The van der Waals surface area contributed by atoms with Crippen molar-refractivity contribution in [1.82, 2.24) is 9.55 Å². The number of hydrogen-bond acceptors (Lipinski definition) is 4. The Morgan fingerprint density at radius 3 is 2.76 bits per heavy atom. The van der Waals surface area contributed by atoms with Crippen LogP contribution in [-0.4, -0.2) is 22.6 Å². The molecule has 0 aliphatic carbocycles. The second kappa shape index (κ2) is 7.13. The number of anilines is 1. The first kappa shape index (κ1) is 17.3. The largest absolute Gasteiger partial charge is 0.495 e. The number of nitrogens with one attached hydrogen (secondary N) is 1. The molecular weight excluding hydrogens is 365 g/mol. The number of rotatable bonds is 4. The summed E-state index contributed by atoms with van der Waals surface area (Å²) in [5.41, 5.74) is 0.684. The number of halogens is 2. The van der Waals surface area contributed by atoms with E-state index in [-0.39, 0.29) is 18.0 Å². The Labute approximate surface area is 153 Å². The van der Waals surface area contributed by atoms with Gasteiger partial charge in [-0.25, -0.2) is 4.98 Å². The fourth-order valence-electron chi connectivity index (χ4n) is 2.34. The molecule has 0 aliphatic rings. The minimum atomic E-state index is -0.383. The van der Waals surface area contributed by atoms with Gasteiger partial charge in [-0.2, -0.15) is 0 Å². The van der Waals surface area contributed by atoms with Crippen molar-refractivity contribution in [2.24, 2.45) is 0 Å². The van der Waals surface area contributed by atoms with E-state index >= 15 is 0 Å². The van der Waals surface area contributed by atoms with Crippen molar-refractivity contribution in [2.75, 3.05) is 12.4 Å². The van der Waals surface area contributed by atoms with Gasteiger partial charge in [0.05, 0.1) is 29.4 Å². The maximum atomic E-state index is 12.5. The Bertz CT molecular complexity index is 1020. The topological polar surface area (TPSA) is 73.2 Å². The van der Waals surface area contributed by atoms with Crippen molar-refractivity contribution in [1.29, 1.82) is 0 Å². The summed E-state index contributed by atoms with van der Waals surface area (Å²) in [6, 6.07) is 9.71. The van der Waals surface area contributed by atoms with Crippen molar-refractivity contribution < 1.29 is 9.53 Å². The number of hydrogen-bond donors (Lipinski definition) is 1. The molecule has 1 N–H and O–H groups in total. The SMILES string of the molecule is COc1ccc(NC(=O)Cn2cnc3ccc(Cl)cc3c2=O)cc1Cl. The normalized spacial score (nSPS) is 10.7. The van der Waals surface area contributed by atoms with E-state index in [2.05, 4.69) is 10.3 Å². The van der Waals surface area contributed by atoms with E-state index < -0.39 is 0 Å². The molecule has 0 fully saturated rings. The van der Waals surface area contributed by atoms with Crippen molar-refractivity contribution in [2.45, 2.75) is 6.54 Å².